The number of hydrogen-bond acceptors (Lipinski definition) is 10. The monoisotopic (exact) mass is 775 g/mol. The molecule has 2 atom stereocenters. The van der Waals surface area contributed by atoms with Gasteiger partial charge < -0.3 is 28.4 Å². The van der Waals surface area contributed by atoms with Crippen LogP contribution in [0.1, 0.15) is 139 Å². The van der Waals surface area contributed by atoms with Crippen molar-refractivity contribution in [2.75, 3.05) is 40.6 Å². The molecular weight excluding hydrogens is 700 g/mol. The second-order valence-electron chi connectivity index (χ2n) is 19.9. The molecular formula is C45H74O10. The first-order chi connectivity index (χ1) is 25.9. The van der Waals surface area contributed by atoms with Gasteiger partial charge in [0.1, 0.15) is 17.8 Å². The highest BCUT2D eigenvalue weighted by atomic mass is 16.6. The summed E-state index contributed by atoms with van der Waals surface area (Å²) >= 11 is 0. The molecule has 314 valence electrons. The van der Waals surface area contributed by atoms with Crippen molar-refractivity contribution < 1.29 is 47.6 Å². The third-order valence-corrected chi connectivity index (χ3v) is 15.5. The molecule has 10 nitrogen and oxygen atoms in total. The first-order valence-corrected chi connectivity index (χ1v) is 21.7. The van der Waals surface area contributed by atoms with Crippen LogP contribution in [0.15, 0.2) is 0 Å². The Kier molecular flexibility index (Phi) is 14.2. The van der Waals surface area contributed by atoms with E-state index >= 15 is 0 Å². The predicted octanol–water partition coefficient (Wildman–Crippen LogP) is 8.36. The number of rotatable bonds is 17. The molecule has 0 aromatic heterocycles. The van der Waals surface area contributed by atoms with E-state index in [-0.39, 0.29) is 49.4 Å². The molecule has 8 saturated carbocycles. The van der Waals surface area contributed by atoms with Gasteiger partial charge in [0.05, 0.1) is 30.5 Å². The summed E-state index contributed by atoms with van der Waals surface area (Å²) in [5.41, 5.74) is -1.97. The van der Waals surface area contributed by atoms with Crippen LogP contribution in [0.2, 0.25) is 0 Å². The van der Waals surface area contributed by atoms with Crippen LogP contribution in [-0.2, 0) is 47.6 Å². The molecule has 0 N–H and O–H groups in total. The zero-order chi connectivity index (χ0) is 40.3. The first kappa shape index (κ1) is 43.9. The molecule has 0 spiro atoms. The van der Waals surface area contributed by atoms with Gasteiger partial charge in [-0.3, -0.25) is 14.4 Å². The van der Waals surface area contributed by atoms with Gasteiger partial charge in [-0.2, -0.15) is 0 Å². The Hall–Kier alpha value is -2.20. The van der Waals surface area contributed by atoms with Crippen LogP contribution in [0.5, 0.6) is 0 Å². The predicted molar refractivity (Wildman–Crippen MR) is 208 cm³/mol. The second-order valence-corrected chi connectivity index (χ2v) is 19.9. The summed E-state index contributed by atoms with van der Waals surface area (Å²) in [5, 5.41) is 0. The number of carbonyl (C=O) groups is 4. The van der Waals surface area contributed by atoms with Crippen LogP contribution >= 0.6 is 0 Å². The minimum Gasteiger partial charge on any atom is -0.465 e. The molecule has 8 aliphatic rings. The van der Waals surface area contributed by atoms with E-state index in [9.17, 15) is 19.2 Å². The third kappa shape index (κ3) is 9.10. The molecule has 2 unspecified atom stereocenters. The van der Waals surface area contributed by atoms with Crippen LogP contribution < -0.4 is 0 Å². The van der Waals surface area contributed by atoms with E-state index in [4.69, 9.17) is 28.4 Å². The van der Waals surface area contributed by atoms with Crippen molar-refractivity contribution in [3.63, 3.8) is 0 Å². The molecule has 10 heteroatoms. The van der Waals surface area contributed by atoms with Gasteiger partial charge in [-0.25, -0.2) is 4.79 Å². The van der Waals surface area contributed by atoms with Crippen molar-refractivity contribution in [3.05, 3.63) is 0 Å². The van der Waals surface area contributed by atoms with Crippen molar-refractivity contribution in [2.45, 2.75) is 150 Å². The van der Waals surface area contributed by atoms with Gasteiger partial charge in [0, 0.05) is 26.1 Å². The lowest BCUT2D eigenvalue weighted by atomic mass is 9.47. The van der Waals surface area contributed by atoms with Gasteiger partial charge >= 0.3 is 23.9 Å². The highest BCUT2D eigenvalue weighted by Gasteiger charge is 2.63. The van der Waals surface area contributed by atoms with Gasteiger partial charge in [-0.05, 0) is 152 Å². The summed E-state index contributed by atoms with van der Waals surface area (Å²) in [7, 11) is 3.42. The molecule has 8 fully saturated rings. The van der Waals surface area contributed by atoms with E-state index in [1.165, 1.54) is 38.5 Å². The lowest BCUT2D eigenvalue weighted by molar-refractivity contribution is -0.234. The second kappa shape index (κ2) is 17.7. The Balaban J connectivity index is 0.000000211. The Morgan fingerprint density at radius 1 is 0.564 bits per heavy atom. The van der Waals surface area contributed by atoms with Crippen LogP contribution in [0, 0.1) is 70.0 Å². The van der Waals surface area contributed by atoms with Gasteiger partial charge in [-0.1, -0.05) is 27.7 Å². The fourth-order valence-corrected chi connectivity index (χ4v) is 12.3. The lowest BCUT2D eigenvalue weighted by Gasteiger charge is -2.62. The van der Waals surface area contributed by atoms with E-state index < -0.39 is 28.0 Å². The maximum atomic E-state index is 12.8. The van der Waals surface area contributed by atoms with Crippen molar-refractivity contribution in [2.24, 2.45) is 70.0 Å². The Morgan fingerprint density at radius 3 is 1.25 bits per heavy atom. The van der Waals surface area contributed by atoms with Gasteiger partial charge in [0.25, 0.3) is 0 Å². The summed E-state index contributed by atoms with van der Waals surface area (Å²) < 4.78 is 34.1. The molecule has 0 heterocycles. The summed E-state index contributed by atoms with van der Waals surface area (Å²) in [6, 6.07) is 0. The molecule has 0 radical (unpaired) electrons. The van der Waals surface area contributed by atoms with E-state index in [0.29, 0.717) is 49.7 Å². The van der Waals surface area contributed by atoms with E-state index in [2.05, 4.69) is 13.8 Å². The van der Waals surface area contributed by atoms with E-state index in [1.807, 2.05) is 41.5 Å². The minimum atomic E-state index is -0.579. The van der Waals surface area contributed by atoms with Gasteiger partial charge in [0.2, 0.25) is 0 Å². The first-order valence-electron chi connectivity index (χ1n) is 21.7. The van der Waals surface area contributed by atoms with Crippen LogP contribution in [0.4, 0.5) is 0 Å². The minimum absolute atomic E-state index is 0.0937. The molecule has 8 rings (SSSR count). The Labute approximate surface area is 331 Å². The van der Waals surface area contributed by atoms with Crippen molar-refractivity contribution in [3.8, 4) is 0 Å². The van der Waals surface area contributed by atoms with E-state index in [0.717, 1.165) is 49.4 Å². The SMILES string of the molecule is CCC(C)(C)C(=O)OCC(=O)OC1(C(C)COC)C2CC3CC(C2)CC1C3.CCC(C)(C)C(=O)OCCC(=O)OC1(C(C)COC)C2CC3CC(C2)CC1C3. The maximum absolute atomic E-state index is 12.8. The van der Waals surface area contributed by atoms with Crippen LogP contribution in [0.3, 0.4) is 0 Å². The molecule has 8 aliphatic carbocycles. The number of carbonyl (C=O) groups excluding carboxylic acids is 4. The summed E-state index contributed by atoms with van der Waals surface area (Å²) in [6.07, 6.45) is 13.5. The van der Waals surface area contributed by atoms with Crippen molar-refractivity contribution in [1.82, 2.24) is 0 Å². The average Bonchev–Trinajstić information content (AvgIpc) is 3.13. The quantitative estimate of drug-likeness (QED) is 0.105. The highest BCUT2D eigenvalue weighted by molar-refractivity contribution is 5.80. The summed E-state index contributed by atoms with van der Waals surface area (Å²) in [6.45, 7) is 16.6. The Bertz CT molecular complexity index is 1290. The van der Waals surface area contributed by atoms with Crippen LogP contribution in [-0.4, -0.2) is 75.7 Å². The maximum Gasteiger partial charge on any atom is 0.344 e. The fraction of sp³-hybridized carbons (Fsp3) is 0.911. The normalized spacial score (nSPS) is 35.3. The highest BCUT2D eigenvalue weighted by Crippen LogP contribution is 2.63. The standard InChI is InChI=1S/C23H38O5.C22H36O5/c1-6-22(3,4)21(25)27-8-7-20(24)28-23(15(2)14-26-5)18-10-16-9-17(12-18)13-19(23)11-16;1-6-21(3,4)20(24)26-13-19(23)27-22(14(2)12-25-5)17-8-15-7-16(10-17)11-18(22)9-15/h15-19H,6-14H2,1-5H3;14-18H,6-13H2,1-5H3. The number of hydrogen-bond donors (Lipinski definition) is 0. The lowest BCUT2D eigenvalue weighted by Crippen LogP contribution is -2.63. The fourth-order valence-electron chi connectivity index (χ4n) is 12.3. The zero-order valence-electron chi connectivity index (χ0n) is 35.9. The van der Waals surface area contributed by atoms with E-state index in [1.54, 1.807) is 14.2 Å². The van der Waals surface area contributed by atoms with Crippen LogP contribution in [0.25, 0.3) is 0 Å². The summed E-state index contributed by atoms with van der Waals surface area (Å²) in [4.78, 5) is 49.9. The molecule has 0 amide bonds. The molecule has 0 aromatic carbocycles. The topological polar surface area (TPSA) is 124 Å². The summed E-state index contributed by atoms with van der Waals surface area (Å²) in [5.74, 6) is 3.98. The molecule has 0 aromatic rings. The Morgan fingerprint density at radius 2 is 0.909 bits per heavy atom. The zero-order valence-corrected chi connectivity index (χ0v) is 35.9. The molecule has 55 heavy (non-hydrogen) atoms. The number of ether oxygens (including phenoxy) is 6. The van der Waals surface area contributed by atoms with Crippen molar-refractivity contribution in [1.29, 1.82) is 0 Å². The van der Waals surface area contributed by atoms with Crippen molar-refractivity contribution >= 4 is 23.9 Å². The average molecular weight is 775 g/mol. The molecule has 0 saturated heterocycles. The molecule has 8 bridgehead atoms. The van der Waals surface area contributed by atoms with Gasteiger partial charge in [0.15, 0.2) is 6.61 Å². The van der Waals surface area contributed by atoms with Gasteiger partial charge in [-0.15, -0.1) is 0 Å². The largest absolute Gasteiger partial charge is 0.465 e. The number of esters is 4. The smallest absolute Gasteiger partial charge is 0.344 e. The third-order valence-electron chi connectivity index (χ3n) is 15.5. The number of methoxy groups -OCH3 is 2. The molecule has 0 aliphatic heterocycles.